The van der Waals surface area contributed by atoms with Gasteiger partial charge in [0.05, 0.1) is 30.9 Å². The predicted molar refractivity (Wildman–Crippen MR) is 71.3 cm³/mol. The molecular formula is C10H17N3O5S2. The molecule has 0 unspecified atom stereocenters. The first-order valence-electron chi connectivity index (χ1n) is 6.18. The number of aliphatic hydroxyl groups excluding tert-OH is 1. The average molecular weight is 323 g/mol. The number of rotatable bonds is 5. The van der Waals surface area contributed by atoms with Crippen LogP contribution in [0.1, 0.15) is 12.8 Å². The van der Waals surface area contributed by atoms with Crippen molar-refractivity contribution in [2.45, 2.75) is 30.3 Å². The van der Waals surface area contributed by atoms with Crippen LogP contribution in [0.4, 0.5) is 0 Å². The van der Waals surface area contributed by atoms with E-state index in [2.05, 4.69) is 9.82 Å². The summed E-state index contributed by atoms with van der Waals surface area (Å²) in [6, 6.07) is -0.371. The predicted octanol–water partition coefficient (Wildman–Crippen LogP) is -1.27. The summed E-state index contributed by atoms with van der Waals surface area (Å²) in [7, 11) is -6.72. The highest BCUT2D eigenvalue weighted by atomic mass is 32.2. The molecule has 0 bridgehead atoms. The Kier molecular flexibility index (Phi) is 4.47. The van der Waals surface area contributed by atoms with Crippen molar-refractivity contribution in [3.63, 3.8) is 0 Å². The summed E-state index contributed by atoms with van der Waals surface area (Å²) in [5.41, 5.74) is 0. The van der Waals surface area contributed by atoms with Crippen LogP contribution >= 0.6 is 0 Å². The Bertz CT molecular complexity index is 651. The quantitative estimate of drug-likeness (QED) is 0.697. The zero-order valence-corrected chi connectivity index (χ0v) is 12.4. The molecule has 8 nitrogen and oxygen atoms in total. The maximum Gasteiger partial charge on any atom is 0.243 e. The first-order chi connectivity index (χ1) is 9.32. The van der Waals surface area contributed by atoms with Crippen LogP contribution in [0.3, 0.4) is 0 Å². The van der Waals surface area contributed by atoms with Gasteiger partial charge in [-0.1, -0.05) is 0 Å². The molecule has 1 saturated heterocycles. The molecule has 1 aliphatic rings. The molecule has 2 heterocycles. The van der Waals surface area contributed by atoms with Crippen molar-refractivity contribution in [3.05, 3.63) is 12.4 Å². The zero-order valence-electron chi connectivity index (χ0n) is 10.8. The van der Waals surface area contributed by atoms with Gasteiger partial charge in [-0.15, -0.1) is 0 Å². The topological polar surface area (TPSA) is 118 Å². The van der Waals surface area contributed by atoms with Crippen LogP contribution in [-0.4, -0.2) is 55.9 Å². The number of sulfone groups is 1. The number of hydrogen-bond donors (Lipinski definition) is 2. The molecule has 1 aromatic rings. The van der Waals surface area contributed by atoms with E-state index in [0.29, 0.717) is 0 Å². The summed E-state index contributed by atoms with van der Waals surface area (Å²) in [6.07, 6.45) is 3.11. The molecule has 0 aromatic carbocycles. The molecule has 0 aliphatic carbocycles. The van der Waals surface area contributed by atoms with Gasteiger partial charge in [-0.3, -0.25) is 4.68 Å². The first kappa shape index (κ1) is 15.4. The van der Waals surface area contributed by atoms with Crippen LogP contribution in [0.25, 0.3) is 0 Å². The molecule has 0 saturated carbocycles. The molecule has 1 aliphatic heterocycles. The zero-order chi connectivity index (χ0) is 14.8. The molecule has 1 aromatic heterocycles. The molecule has 114 valence electrons. The van der Waals surface area contributed by atoms with Crippen molar-refractivity contribution in [1.29, 1.82) is 0 Å². The van der Waals surface area contributed by atoms with E-state index in [1.165, 1.54) is 17.1 Å². The number of nitrogens with zero attached hydrogens (tertiary/aromatic N) is 2. The van der Waals surface area contributed by atoms with Crippen LogP contribution in [0.2, 0.25) is 0 Å². The van der Waals surface area contributed by atoms with E-state index in [4.69, 9.17) is 5.11 Å². The summed E-state index contributed by atoms with van der Waals surface area (Å²) in [6.45, 7) is 0.0896. The molecule has 0 amide bonds. The first-order valence-corrected chi connectivity index (χ1v) is 9.49. The Morgan fingerprint density at radius 2 is 2.05 bits per heavy atom. The molecule has 0 atom stereocenters. The molecule has 2 N–H and O–H groups in total. The van der Waals surface area contributed by atoms with Crippen LogP contribution in [0.5, 0.6) is 0 Å². The van der Waals surface area contributed by atoms with Gasteiger partial charge in [-0.25, -0.2) is 21.6 Å². The SMILES string of the molecule is O=S1(=O)CCC(NS(=O)(=O)c2cnn(CCO)c2)CC1. The van der Waals surface area contributed by atoms with Gasteiger partial charge in [0.1, 0.15) is 14.7 Å². The Morgan fingerprint density at radius 1 is 1.40 bits per heavy atom. The van der Waals surface area contributed by atoms with Crippen molar-refractivity contribution in [2.24, 2.45) is 0 Å². The van der Waals surface area contributed by atoms with E-state index in [0.717, 1.165) is 0 Å². The average Bonchev–Trinajstić information content (AvgIpc) is 2.82. The maximum atomic E-state index is 12.1. The second kappa shape index (κ2) is 5.80. The third-order valence-corrected chi connectivity index (χ3v) is 6.32. The molecular weight excluding hydrogens is 306 g/mol. The Hall–Kier alpha value is -0.970. The van der Waals surface area contributed by atoms with Crippen LogP contribution in [-0.2, 0) is 26.4 Å². The number of aliphatic hydroxyl groups is 1. The summed E-state index contributed by atoms with van der Waals surface area (Å²) in [5.74, 6) is 0.00786. The van der Waals surface area contributed by atoms with Crippen LogP contribution < -0.4 is 4.72 Å². The monoisotopic (exact) mass is 323 g/mol. The third-order valence-electron chi connectivity index (χ3n) is 3.13. The number of hydrogen-bond acceptors (Lipinski definition) is 6. The van der Waals surface area contributed by atoms with E-state index in [1.54, 1.807) is 0 Å². The fourth-order valence-corrected chi connectivity index (χ4v) is 4.75. The molecule has 0 radical (unpaired) electrons. The Labute approximate surface area is 117 Å². The van der Waals surface area contributed by atoms with Gasteiger partial charge in [-0.2, -0.15) is 5.10 Å². The van der Waals surface area contributed by atoms with Gasteiger partial charge >= 0.3 is 0 Å². The summed E-state index contributed by atoms with van der Waals surface area (Å²) in [5, 5.41) is 12.6. The van der Waals surface area contributed by atoms with E-state index in [1.807, 2.05) is 0 Å². The fourth-order valence-electron chi connectivity index (χ4n) is 2.00. The van der Waals surface area contributed by atoms with Gasteiger partial charge in [0, 0.05) is 12.2 Å². The van der Waals surface area contributed by atoms with E-state index in [-0.39, 0.29) is 48.4 Å². The Balaban J connectivity index is 2.03. The highest BCUT2D eigenvalue weighted by Crippen LogP contribution is 2.15. The van der Waals surface area contributed by atoms with E-state index in [9.17, 15) is 16.8 Å². The summed E-state index contributed by atoms with van der Waals surface area (Å²) in [4.78, 5) is 0.0133. The molecule has 0 spiro atoms. The molecule has 2 rings (SSSR count). The second-order valence-electron chi connectivity index (χ2n) is 4.71. The highest BCUT2D eigenvalue weighted by Gasteiger charge is 2.28. The smallest absolute Gasteiger partial charge is 0.243 e. The molecule has 1 fully saturated rings. The van der Waals surface area contributed by atoms with Gasteiger partial charge in [0.15, 0.2) is 0 Å². The summed E-state index contributed by atoms with van der Waals surface area (Å²) < 4.78 is 50.6. The normalized spacial score (nSPS) is 20.1. The molecule has 20 heavy (non-hydrogen) atoms. The standard InChI is InChI=1S/C10H17N3O5S2/c14-4-3-13-8-10(7-11-13)20(17,18)12-9-1-5-19(15,16)6-2-9/h7-9,12,14H,1-6H2. The van der Waals surface area contributed by atoms with Crippen LogP contribution in [0, 0.1) is 0 Å². The van der Waals surface area contributed by atoms with Crippen molar-refractivity contribution in [1.82, 2.24) is 14.5 Å². The lowest BCUT2D eigenvalue weighted by Gasteiger charge is -2.22. The van der Waals surface area contributed by atoms with Gasteiger partial charge in [-0.05, 0) is 12.8 Å². The minimum atomic E-state index is -3.70. The second-order valence-corrected chi connectivity index (χ2v) is 8.73. The van der Waals surface area contributed by atoms with Crippen LogP contribution in [0.15, 0.2) is 17.3 Å². The van der Waals surface area contributed by atoms with Crippen molar-refractivity contribution >= 4 is 19.9 Å². The minimum Gasteiger partial charge on any atom is -0.394 e. The molecule has 10 heteroatoms. The van der Waals surface area contributed by atoms with Gasteiger partial charge in [0.2, 0.25) is 10.0 Å². The lowest BCUT2D eigenvalue weighted by Crippen LogP contribution is -2.40. The van der Waals surface area contributed by atoms with Gasteiger partial charge in [0.25, 0.3) is 0 Å². The van der Waals surface area contributed by atoms with Crippen molar-refractivity contribution in [2.75, 3.05) is 18.1 Å². The highest BCUT2D eigenvalue weighted by molar-refractivity contribution is 7.91. The lowest BCUT2D eigenvalue weighted by molar-refractivity contribution is 0.269. The lowest BCUT2D eigenvalue weighted by atomic mass is 10.2. The van der Waals surface area contributed by atoms with E-state index < -0.39 is 19.9 Å². The maximum absolute atomic E-state index is 12.1. The minimum absolute atomic E-state index is 0.00393. The summed E-state index contributed by atoms with van der Waals surface area (Å²) >= 11 is 0. The van der Waals surface area contributed by atoms with Crippen molar-refractivity contribution < 1.29 is 21.9 Å². The van der Waals surface area contributed by atoms with Crippen molar-refractivity contribution in [3.8, 4) is 0 Å². The number of nitrogens with one attached hydrogen (secondary N) is 1. The fraction of sp³-hybridized carbons (Fsp3) is 0.700. The number of aromatic nitrogens is 2. The van der Waals surface area contributed by atoms with E-state index >= 15 is 0 Å². The third kappa shape index (κ3) is 3.78. The van der Waals surface area contributed by atoms with Gasteiger partial charge < -0.3 is 5.11 Å². The number of sulfonamides is 1. The largest absolute Gasteiger partial charge is 0.394 e. The Morgan fingerprint density at radius 3 is 2.65 bits per heavy atom.